The van der Waals surface area contributed by atoms with Crippen molar-refractivity contribution in [1.29, 1.82) is 0 Å². The van der Waals surface area contributed by atoms with E-state index in [9.17, 15) is 9.18 Å². The van der Waals surface area contributed by atoms with E-state index in [1.807, 2.05) is 23.1 Å². The molecular weight excluding hydrogens is 361 g/mol. The Labute approximate surface area is 161 Å². The van der Waals surface area contributed by atoms with Crippen molar-refractivity contribution >= 4 is 17.5 Å². The van der Waals surface area contributed by atoms with Gasteiger partial charge in [0.2, 0.25) is 5.95 Å². The number of para-hydroxylation sites is 1. The Morgan fingerprint density at radius 2 is 1.82 bits per heavy atom. The SMILES string of the molecule is O=C(c1cnc(NCc2ccco2)nc1)N1CCN(c2ccccc2F)CC1. The van der Waals surface area contributed by atoms with Crippen LogP contribution >= 0.6 is 0 Å². The lowest BCUT2D eigenvalue weighted by Gasteiger charge is -2.36. The number of hydrogen-bond donors (Lipinski definition) is 1. The molecule has 1 aliphatic heterocycles. The standard InChI is InChI=1S/C20H20FN5O2/c21-17-5-1-2-6-18(17)25-7-9-26(10-8-25)19(27)15-12-22-20(23-13-15)24-14-16-4-3-11-28-16/h1-6,11-13H,7-10,14H2,(H,22,23,24). The van der Waals surface area contributed by atoms with Crippen LogP contribution in [-0.2, 0) is 6.54 Å². The summed E-state index contributed by atoms with van der Waals surface area (Å²) in [5.74, 6) is 0.841. The minimum absolute atomic E-state index is 0.120. The zero-order chi connectivity index (χ0) is 19.3. The first-order chi connectivity index (χ1) is 13.7. The van der Waals surface area contributed by atoms with E-state index in [4.69, 9.17) is 4.42 Å². The number of piperazine rings is 1. The van der Waals surface area contributed by atoms with Crippen LogP contribution in [0, 0.1) is 5.82 Å². The first kappa shape index (κ1) is 18.0. The number of anilines is 2. The Kier molecular flexibility index (Phi) is 5.18. The molecule has 28 heavy (non-hydrogen) atoms. The highest BCUT2D eigenvalue weighted by Gasteiger charge is 2.24. The van der Waals surface area contributed by atoms with Gasteiger partial charge in [-0.25, -0.2) is 14.4 Å². The molecule has 3 heterocycles. The molecule has 0 saturated carbocycles. The molecule has 2 aromatic heterocycles. The van der Waals surface area contributed by atoms with Gasteiger partial charge >= 0.3 is 0 Å². The minimum atomic E-state index is -0.242. The Balaban J connectivity index is 1.33. The topological polar surface area (TPSA) is 74.5 Å². The van der Waals surface area contributed by atoms with Crippen LogP contribution < -0.4 is 10.2 Å². The Morgan fingerprint density at radius 3 is 2.50 bits per heavy atom. The predicted octanol–water partition coefficient (Wildman–Crippen LogP) is 2.78. The maximum absolute atomic E-state index is 13.9. The van der Waals surface area contributed by atoms with Crippen molar-refractivity contribution in [1.82, 2.24) is 14.9 Å². The van der Waals surface area contributed by atoms with Gasteiger partial charge < -0.3 is 19.5 Å². The number of nitrogens with one attached hydrogen (secondary N) is 1. The van der Waals surface area contributed by atoms with E-state index in [1.165, 1.54) is 18.5 Å². The van der Waals surface area contributed by atoms with Gasteiger partial charge in [-0.05, 0) is 24.3 Å². The van der Waals surface area contributed by atoms with Gasteiger partial charge in [-0.3, -0.25) is 4.79 Å². The molecule has 7 nitrogen and oxygen atoms in total. The Hall–Kier alpha value is -3.42. The molecule has 1 saturated heterocycles. The fourth-order valence-corrected chi connectivity index (χ4v) is 3.15. The summed E-state index contributed by atoms with van der Waals surface area (Å²) < 4.78 is 19.2. The molecule has 4 rings (SSSR count). The van der Waals surface area contributed by atoms with Crippen molar-refractivity contribution in [3.63, 3.8) is 0 Å². The van der Waals surface area contributed by atoms with Crippen molar-refractivity contribution in [2.24, 2.45) is 0 Å². The predicted molar refractivity (Wildman–Crippen MR) is 103 cm³/mol. The molecule has 1 N–H and O–H groups in total. The average Bonchev–Trinajstić information content (AvgIpc) is 3.26. The monoisotopic (exact) mass is 381 g/mol. The molecule has 1 aliphatic rings. The van der Waals surface area contributed by atoms with Crippen LogP contribution in [0.5, 0.6) is 0 Å². The number of rotatable bonds is 5. The molecule has 3 aromatic rings. The summed E-state index contributed by atoms with van der Waals surface area (Å²) in [7, 11) is 0. The smallest absolute Gasteiger partial charge is 0.257 e. The maximum atomic E-state index is 13.9. The molecule has 0 unspecified atom stereocenters. The Morgan fingerprint density at radius 1 is 1.07 bits per heavy atom. The fraction of sp³-hybridized carbons (Fsp3) is 0.250. The van der Waals surface area contributed by atoms with Crippen LogP contribution in [0.25, 0.3) is 0 Å². The largest absolute Gasteiger partial charge is 0.467 e. The summed E-state index contributed by atoms with van der Waals surface area (Å²) in [5.41, 5.74) is 1.01. The number of halogens is 1. The van der Waals surface area contributed by atoms with Gasteiger partial charge in [0.25, 0.3) is 5.91 Å². The van der Waals surface area contributed by atoms with Crippen LogP contribution in [0.3, 0.4) is 0 Å². The second kappa shape index (κ2) is 8.08. The van der Waals surface area contributed by atoms with Gasteiger partial charge in [-0.15, -0.1) is 0 Å². The number of benzene rings is 1. The normalized spacial score (nSPS) is 14.2. The summed E-state index contributed by atoms with van der Waals surface area (Å²) in [6.45, 7) is 2.67. The van der Waals surface area contributed by atoms with Gasteiger partial charge in [0.15, 0.2) is 0 Å². The van der Waals surface area contributed by atoms with Crippen molar-refractivity contribution in [2.45, 2.75) is 6.54 Å². The molecule has 0 atom stereocenters. The van der Waals surface area contributed by atoms with E-state index >= 15 is 0 Å². The summed E-state index contributed by atoms with van der Waals surface area (Å²) >= 11 is 0. The van der Waals surface area contributed by atoms with E-state index in [1.54, 1.807) is 23.3 Å². The van der Waals surface area contributed by atoms with E-state index in [2.05, 4.69) is 15.3 Å². The zero-order valence-corrected chi connectivity index (χ0v) is 15.2. The first-order valence-corrected chi connectivity index (χ1v) is 9.08. The quantitative estimate of drug-likeness (QED) is 0.733. The lowest BCUT2D eigenvalue weighted by molar-refractivity contribution is 0.0746. The van der Waals surface area contributed by atoms with Crippen molar-refractivity contribution in [2.75, 3.05) is 36.4 Å². The van der Waals surface area contributed by atoms with Crippen LogP contribution in [0.4, 0.5) is 16.0 Å². The van der Waals surface area contributed by atoms with Crippen LogP contribution in [0.1, 0.15) is 16.1 Å². The van der Waals surface area contributed by atoms with Crippen molar-refractivity contribution in [3.8, 4) is 0 Å². The average molecular weight is 381 g/mol. The Bertz CT molecular complexity index is 922. The number of amides is 1. The van der Waals surface area contributed by atoms with Gasteiger partial charge in [-0.1, -0.05) is 12.1 Å². The van der Waals surface area contributed by atoms with E-state index in [0.29, 0.717) is 49.9 Å². The molecule has 144 valence electrons. The highest BCUT2D eigenvalue weighted by Crippen LogP contribution is 2.20. The number of carbonyl (C=O) groups excluding carboxylic acids is 1. The minimum Gasteiger partial charge on any atom is -0.467 e. The highest BCUT2D eigenvalue weighted by molar-refractivity contribution is 5.93. The highest BCUT2D eigenvalue weighted by atomic mass is 19.1. The second-order valence-electron chi connectivity index (χ2n) is 6.46. The number of furan rings is 1. The number of nitrogens with zero attached hydrogens (tertiary/aromatic N) is 4. The molecule has 1 fully saturated rings. The van der Waals surface area contributed by atoms with Gasteiger partial charge in [0, 0.05) is 38.6 Å². The number of hydrogen-bond acceptors (Lipinski definition) is 6. The zero-order valence-electron chi connectivity index (χ0n) is 15.2. The molecule has 0 bridgehead atoms. The van der Waals surface area contributed by atoms with Crippen molar-refractivity contribution in [3.05, 3.63) is 72.2 Å². The summed E-state index contributed by atoms with van der Waals surface area (Å²) in [6.07, 6.45) is 4.64. The number of aromatic nitrogens is 2. The maximum Gasteiger partial charge on any atom is 0.257 e. The third-order valence-corrected chi connectivity index (χ3v) is 4.66. The number of carbonyl (C=O) groups is 1. The fourth-order valence-electron chi connectivity index (χ4n) is 3.15. The van der Waals surface area contributed by atoms with Crippen molar-refractivity contribution < 1.29 is 13.6 Å². The third kappa shape index (κ3) is 3.95. The van der Waals surface area contributed by atoms with Gasteiger partial charge in [0.05, 0.1) is 24.1 Å². The summed E-state index contributed by atoms with van der Waals surface area (Å²) in [4.78, 5) is 24.8. The lowest BCUT2D eigenvalue weighted by atomic mass is 10.2. The van der Waals surface area contributed by atoms with E-state index < -0.39 is 0 Å². The van der Waals surface area contributed by atoms with Gasteiger partial charge in [-0.2, -0.15) is 0 Å². The van der Waals surface area contributed by atoms with Crippen LogP contribution in [0.2, 0.25) is 0 Å². The second-order valence-corrected chi connectivity index (χ2v) is 6.46. The molecule has 1 amide bonds. The molecular formula is C20H20FN5O2. The third-order valence-electron chi connectivity index (χ3n) is 4.66. The summed E-state index contributed by atoms with van der Waals surface area (Å²) in [6, 6.07) is 10.4. The molecule has 1 aromatic carbocycles. The molecule has 8 heteroatoms. The molecule has 0 radical (unpaired) electrons. The van der Waals surface area contributed by atoms with Crippen LogP contribution in [0.15, 0.2) is 59.5 Å². The molecule has 0 aliphatic carbocycles. The molecule has 0 spiro atoms. The van der Waals surface area contributed by atoms with Crippen LogP contribution in [-0.4, -0.2) is 47.0 Å². The first-order valence-electron chi connectivity index (χ1n) is 9.08. The summed E-state index contributed by atoms with van der Waals surface area (Å²) in [5, 5.41) is 3.04. The van der Waals surface area contributed by atoms with Gasteiger partial charge in [0.1, 0.15) is 11.6 Å². The van der Waals surface area contributed by atoms with E-state index in [0.717, 1.165) is 5.76 Å². The lowest BCUT2D eigenvalue weighted by Crippen LogP contribution is -2.49. The van der Waals surface area contributed by atoms with E-state index in [-0.39, 0.29) is 11.7 Å².